The molecule has 0 fully saturated rings. The van der Waals surface area contributed by atoms with Gasteiger partial charge in [-0.1, -0.05) is 44.0 Å². The number of aromatic nitrogens is 2. The highest BCUT2D eigenvalue weighted by Crippen LogP contribution is 2.21. The summed E-state index contributed by atoms with van der Waals surface area (Å²) < 4.78 is 5.86. The van der Waals surface area contributed by atoms with Gasteiger partial charge < -0.3 is 10.1 Å². The zero-order valence-corrected chi connectivity index (χ0v) is 14.8. The van der Waals surface area contributed by atoms with Gasteiger partial charge in [0, 0.05) is 5.56 Å². The van der Waals surface area contributed by atoms with Gasteiger partial charge in [0.1, 0.15) is 29.7 Å². The first-order valence-electron chi connectivity index (χ1n) is 8.11. The first-order valence-corrected chi connectivity index (χ1v) is 8.49. The second kappa shape index (κ2) is 8.73. The molecule has 0 bridgehead atoms. The van der Waals surface area contributed by atoms with Crippen molar-refractivity contribution < 1.29 is 4.74 Å². The molecule has 1 N–H and O–H groups in total. The smallest absolute Gasteiger partial charge is 0.137 e. The number of ether oxygens (including phenoxy) is 1. The lowest BCUT2D eigenvalue weighted by atomic mass is 10.1. The van der Waals surface area contributed by atoms with E-state index in [0.717, 1.165) is 36.4 Å². The Morgan fingerprint density at radius 3 is 2.74 bits per heavy atom. The Balaban J connectivity index is 1.87. The van der Waals surface area contributed by atoms with Gasteiger partial charge in [-0.3, -0.25) is 0 Å². The first kappa shape index (κ1) is 17.5. The van der Waals surface area contributed by atoms with Crippen molar-refractivity contribution in [2.45, 2.75) is 40.0 Å². The average Bonchev–Trinajstić information content (AvgIpc) is 2.53. The van der Waals surface area contributed by atoms with Crippen LogP contribution < -0.4 is 10.1 Å². The fourth-order valence-electron chi connectivity index (χ4n) is 2.50. The zero-order valence-electron chi connectivity index (χ0n) is 14.0. The maximum atomic E-state index is 6.08. The molecule has 124 valence electrons. The zero-order chi connectivity index (χ0) is 16.7. The van der Waals surface area contributed by atoms with E-state index < -0.39 is 0 Å². The molecule has 0 atom stereocenters. The standard InChI is InChI=1S/C18H24ClN3O/c1-4-6-14-7-8-16(13(3)11-14)23-10-9-20-18-15(5-2)17(19)21-12-22-18/h7-8,11-12H,4-6,9-10H2,1-3H3,(H,20,21,22). The second-order valence-corrected chi connectivity index (χ2v) is 5.83. The largest absolute Gasteiger partial charge is 0.491 e. The highest BCUT2D eigenvalue weighted by Gasteiger charge is 2.07. The van der Waals surface area contributed by atoms with Crippen LogP contribution in [0, 0.1) is 6.92 Å². The summed E-state index contributed by atoms with van der Waals surface area (Å²) >= 11 is 6.08. The fraction of sp³-hybridized carbons (Fsp3) is 0.444. The van der Waals surface area contributed by atoms with Crippen molar-refractivity contribution in [1.29, 1.82) is 0 Å². The van der Waals surface area contributed by atoms with Crippen LogP contribution in [0.3, 0.4) is 0 Å². The van der Waals surface area contributed by atoms with Gasteiger partial charge in [-0.2, -0.15) is 0 Å². The summed E-state index contributed by atoms with van der Waals surface area (Å²) in [5.74, 6) is 1.72. The van der Waals surface area contributed by atoms with Crippen molar-refractivity contribution in [2.24, 2.45) is 0 Å². The summed E-state index contributed by atoms with van der Waals surface area (Å²) in [7, 11) is 0. The Bertz CT molecular complexity index is 646. The normalized spacial score (nSPS) is 10.6. The van der Waals surface area contributed by atoms with Gasteiger partial charge >= 0.3 is 0 Å². The summed E-state index contributed by atoms with van der Waals surface area (Å²) in [6, 6.07) is 6.39. The molecule has 1 aromatic heterocycles. The third-order valence-corrected chi connectivity index (χ3v) is 4.00. The molecule has 0 aliphatic heterocycles. The number of nitrogens with one attached hydrogen (secondary N) is 1. The second-order valence-electron chi connectivity index (χ2n) is 5.47. The molecule has 0 amide bonds. The van der Waals surface area contributed by atoms with Crippen molar-refractivity contribution in [2.75, 3.05) is 18.5 Å². The number of benzene rings is 1. The van der Waals surface area contributed by atoms with Crippen LogP contribution in [0.1, 0.15) is 37.0 Å². The number of halogens is 1. The molecule has 0 aliphatic carbocycles. The van der Waals surface area contributed by atoms with Gasteiger partial charge in [-0.25, -0.2) is 9.97 Å². The van der Waals surface area contributed by atoms with Gasteiger partial charge in [-0.05, 0) is 37.0 Å². The third-order valence-electron chi connectivity index (χ3n) is 3.68. The van der Waals surface area contributed by atoms with E-state index in [0.29, 0.717) is 18.3 Å². The fourth-order valence-corrected chi connectivity index (χ4v) is 2.77. The molecule has 0 radical (unpaired) electrons. The van der Waals surface area contributed by atoms with Crippen molar-refractivity contribution >= 4 is 17.4 Å². The molecule has 0 spiro atoms. The summed E-state index contributed by atoms with van der Waals surface area (Å²) in [6.07, 6.45) is 4.53. The molecule has 5 heteroatoms. The van der Waals surface area contributed by atoms with Crippen LogP contribution in [0.2, 0.25) is 5.15 Å². The Morgan fingerprint density at radius 2 is 2.04 bits per heavy atom. The molecule has 23 heavy (non-hydrogen) atoms. The lowest BCUT2D eigenvalue weighted by Gasteiger charge is -2.13. The van der Waals surface area contributed by atoms with E-state index in [1.54, 1.807) is 0 Å². The number of anilines is 1. The minimum absolute atomic E-state index is 0.508. The van der Waals surface area contributed by atoms with Crippen molar-refractivity contribution in [3.8, 4) is 5.75 Å². The summed E-state index contributed by atoms with van der Waals surface area (Å²) in [4.78, 5) is 8.25. The Morgan fingerprint density at radius 1 is 1.22 bits per heavy atom. The molecule has 0 aliphatic rings. The number of aryl methyl sites for hydroxylation is 2. The van der Waals surface area contributed by atoms with Crippen LogP contribution in [0.25, 0.3) is 0 Å². The molecular formula is C18H24ClN3O. The Hall–Kier alpha value is -1.81. The van der Waals surface area contributed by atoms with Gasteiger partial charge in [0.05, 0.1) is 6.54 Å². The van der Waals surface area contributed by atoms with E-state index in [2.05, 4.69) is 47.3 Å². The monoisotopic (exact) mass is 333 g/mol. The molecule has 4 nitrogen and oxygen atoms in total. The minimum Gasteiger partial charge on any atom is -0.491 e. The van der Waals surface area contributed by atoms with E-state index in [9.17, 15) is 0 Å². The molecule has 0 saturated carbocycles. The van der Waals surface area contributed by atoms with Gasteiger partial charge in [0.2, 0.25) is 0 Å². The Labute approximate surface area is 143 Å². The average molecular weight is 334 g/mol. The van der Waals surface area contributed by atoms with Crippen LogP contribution >= 0.6 is 11.6 Å². The van der Waals surface area contributed by atoms with Crippen LogP contribution in [-0.2, 0) is 12.8 Å². The predicted octanol–water partition coefficient (Wildman–Crippen LogP) is 4.44. The number of hydrogen-bond acceptors (Lipinski definition) is 4. The van der Waals surface area contributed by atoms with Crippen LogP contribution in [0.4, 0.5) is 5.82 Å². The summed E-state index contributed by atoms with van der Waals surface area (Å²) in [5, 5.41) is 3.77. The molecule has 2 aromatic rings. The van der Waals surface area contributed by atoms with E-state index >= 15 is 0 Å². The van der Waals surface area contributed by atoms with Crippen molar-refractivity contribution in [3.05, 3.63) is 46.4 Å². The minimum atomic E-state index is 0.508. The number of hydrogen-bond donors (Lipinski definition) is 1. The Kier molecular flexibility index (Phi) is 6.66. The quantitative estimate of drug-likeness (QED) is 0.573. The molecule has 0 saturated heterocycles. The van der Waals surface area contributed by atoms with E-state index in [-0.39, 0.29) is 0 Å². The topological polar surface area (TPSA) is 47.0 Å². The summed E-state index contributed by atoms with van der Waals surface area (Å²) in [5.41, 5.74) is 3.48. The summed E-state index contributed by atoms with van der Waals surface area (Å²) in [6.45, 7) is 7.54. The van der Waals surface area contributed by atoms with E-state index in [1.165, 1.54) is 17.5 Å². The maximum Gasteiger partial charge on any atom is 0.137 e. The number of nitrogens with zero attached hydrogens (tertiary/aromatic N) is 2. The predicted molar refractivity (Wildman–Crippen MR) is 95.6 cm³/mol. The molecule has 1 aromatic carbocycles. The van der Waals surface area contributed by atoms with E-state index in [1.807, 2.05) is 6.92 Å². The molecular weight excluding hydrogens is 310 g/mol. The number of rotatable bonds is 8. The third kappa shape index (κ3) is 4.83. The highest BCUT2D eigenvalue weighted by molar-refractivity contribution is 6.30. The maximum absolute atomic E-state index is 6.08. The molecule has 2 rings (SSSR count). The van der Waals surface area contributed by atoms with Crippen LogP contribution in [0.15, 0.2) is 24.5 Å². The SMILES string of the molecule is CCCc1ccc(OCCNc2ncnc(Cl)c2CC)c(C)c1. The first-order chi connectivity index (χ1) is 11.2. The van der Waals surface area contributed by atoms with Crippen LogP contribution in [-0.4, -0.2) is 23.1 Å². The molecule has 1 heterocycles. The van der Waals surface area contributed by atoms with Crippen LogP contribution in [0.5, 0.6) is 5.75 Å². The lowest BCUT2D eigenvalue weighted by molar-refractivity contribution is 0.330. The molecule has 0 unspecified atom stereocenters. The lowest BCUT2D eigenvalue weighted by Crippen LogP contribution is -2.14. The van der Waals surface area contributed by atoms with Crippen molar-refractivity contribution in [3.63, 3.8) is 0 Å². The van der Waals surface area contributed by atoms with Gasteiger partial charge in [0.15, 0.2) is 0 Å². The van der Waals surface area contributed by atoms with E-state index in [4.69, 9.17) is 16.3 Å². The van der Waals surface area contributed by atoms with Crippen molar-refractivity contribution in [1.82, 2.24) is 9.97 Å². The highest BCUT2D eigenvalue weighted by atomic mass is 35.5. The van der Waals surface area contributed by atoms with Gasteiger partial charge in [0.25, 0.3) is 0 Å². The van der Waals surface area contributed by atoms with Gasteiger partial charge in [-0.15, -0.1) is 0 Å².